The van der Waals surface area contributed by atoms with E-state index in [4.69, 9.17) is 4.74 Å². The number of hydrogen-bond acceptors (Lipinski definition) is 2. The minimum atomic E-state index is -1.15. The van der Waals surface area contributed by atoms with E-state index in [0.717, 1.165) is 17.7 Å². The van der Waals surface area contributed by atoms with Gasteiger partial charge in [-0.25, -0.2) is 8.78 Å². The Hall–Kier alpha value is -1.78. The van der Waals surface area contributed by atoms with Crippen LogP contribution in [0.3, 0.4) is 0 Å². The third kappa shape index (κ3) is 2.97. The smallest absolute Gasteiger partial charge is 0.132 e. The van der Waals surface area contributed by atoms with Gasteiger partial charge < -0.3 is 9.84 Å². The predicted molar refractivity (Wildman–Crippen MR) is 67.6 cm³/mol. The lowest BCUT2D eigenvalue weighted by Crippen LogP contribution is -2.06. The Kier molecular flexibility index (Phi) is 4.24. The summed E-state index contributed by atoms with van der Waals surface area (Å²) < 4.78 is 31.6. The molecule has 0 saturated carbocycles. The van der Waals surface area contributed by atoms with Crippen LogP contribution in [0.5, 0.6) is 0 Å². The number of aliphatic hydroxyl groups is 1. The summed E-state index contributed by atoms with van der Waals surface area (Å²) in [6.45, 7) is 0.316. The number of methoxy groups -OCH3 is 1. The molecule has 1 unspecified atom stereocenters. The molecule has 1 N–H and O–H groups in total. The van der Waals surface area contributed by atoms with Crippen molar-refractivity contribution >= 4 is 0 Å². The Morgan fingerprint density at radius 2 is 1.84 bits per heavy atom. The molecule has 0 spiro atoms. The van der Waals surface area contributed by atoms with Crippen molar-refractivity contribution in [3.63, 3.8) is 0 Å². The number of benzene rings is 2. The Morgan fingerprint density at radius 1 is 1.11 bits per heavy atom. The Balaban J connectivity index is 2.41. The molecular weight excluding hydrogens is 250 g/mol. The van der Waals surface area contributed by atoms with E-state index in [-0.39, 0.29) is 5.56 Å². The Morgan fingerprint density at radius 3 is 2.53 bits per heavy atom. The van der Waals surface area contributed by atoms with Gasteiger partial charge in [-0.2, -0.15) is 0 Å². The molecule has 0 aliphatic heterocycles. The Bertz CT molecular complexity index is 570. The lowest BCUT2D eigenvalue weighted by atomic mass is 9.97. The first-order valence-corrected chi connectivity index (χ1v) is 5.83. The van der Waals surface area contributed by atoms with Gasteiger partial charge in [-0.3, -0.25) is 0 Å². The zero-order valence-corrected chi connectivity index (χ0v) is 10.4. The van der Waals surface area contributed by atoms with Crippen LogP contribution < -0.4 is 0 Å². The summed E-state index contributed by atoms with van der Waals surface area (Å²) in [5.74, 6) is -1.43. The fraction of sp³-hybridized carbons (Fsp3) is 0.200. The number of ether oxygens (including phenoxy) is 1. The van der Waals surface area contributed by atoms with Crippen LogP contribution in [0.2, 0.25) is 0 Å². The lowest BCUT2D eigenvalue weighted by Gasteiger charge is -2.16. The van der Waals surface area contributed by atoms with Gasteiger partial charge in [0, 0.05) is 18.7 Å². The maximum Gasteiger partial charge on any atom is 0.132 e. The van der Waals surface area contributed by atoms with Crippen LogP contribution in [0, 0.1) is 11.6 Å². The normalized spacial score (nSPS) is 12.4. The van der Waals surface area contributed by atoms with Gasteiger partial charge in [-0.1, -0.05) is 30.3 Å². The van der Waals surface area contributed by atoms with E-state index in [1.807, 2.05) is 6.07 Å². The van der Waals surface area contributed by atoms with Crippen molar-refractivity contribution in [1.82, 2.24) is 0 Å². The van der Waals surface area contributed by atoms with E-state index in [1.165, 1.54) is 6.07 Å². The number of halogens is 2. The monoisotopic (exact) mass is 264 g/mol. The zero-order valence-electron chi connectivity index (χ0n) is 10.4. The van der Waals surface area contributed by atoms with E-state index < -0.39 is 17.7 Å². The SMILES string of the molecule is COCc1ccccc1C(O)c1ccc(F)cc1F. The maximum absolute atomic E-state index is 13.7. The van der Waals surface area contributed by atoms with Gasteiger partial charge in [0.2, 0.25) is 0 Å². The first-order valence-electron chi connectivity index (χ1n) is 5.83. The van der Waals surface area contributed by atoms with Gasteiger partial charge >= 0.3 is 0 Å². The quantitative estimate of drug-likeness (QED) is 0.919. The molecule has 0 aromatic heterocycles. The van der Waals surface area contributed by atoms with Gasteiger partial charge in [-0.05, 0) is 17.2 Å². The summed E-state index contributed by atoms with van der Waals surface area (Å²) in [4.78, 5) is 0. The topological polar surface area (TPSA) is 29.5 Å². The van der Waals surface area contributed by atoms with Gasteiger partial charge in [0.1, 0.15) is 17.7 Å². The van der Waals surface area contributed by atoms with Crippen LogP contribution in [0.15, 0.2) is 42.5 Å². The zero-order chi connectivity index (χ0) is 13.8. The molecule has 0 aliphatic rings. The molecule has 1 atom stereocenters. The van der Waals surface area contributed by atoms with Crippen LogP contribution in [0.4, 0.5) is 8.78 Å². The van der Waals surface area contributed by atoms with Gasteiger partial charge in [0.15, 0.2) is 0 Å². The second-order valence-corrected chi connectivity index (χ2v) is 4.20. The van der Waals surface area contributed by atoms with E-state index in [9.17, 15) is 13.9 Å². The summed E-state index contributed by atoms with van der Waals surface area (Å²) >= 11 is 0. The van der Waals surface area contributed by atoms with Crippen molar-refractivity contribution in [2.45, 2.75) is 12.7 Å². The Labute approximate surface area is 110 Å². The molecule has 19 heavy (non-hydrogen) atoms. The largest absolute Gasteiger partial charge is 0.384 e. The summed E-state index contributed by atoms with van der Waals surface area (Å²) in [5, 5.41) is 10.3. The van der Waals surface area contributed by atoms with Crippen molar-refractivity contribution in [3.05, 3.63) is 70.8 Å². The standard InChI is InChI=1S/C15H14F2O2/c1-19-9-10-4-2-3-5-12(10)15(18)13-7-6-11(16)8-14(13)17/h2-8,15,18H,9H2,1H3. The van der Waals surface area contributed by atoms with Crippen LogP contribution in [0.1, 0.15) is 22.8 Å². The summed E-state index contributed by atoms with van der Waals surface area (Å²) in [5.41, 5.74) is 1.36. The molecule has 0 heterocycles. The summed E-state index contributed by atoms with van der Waals surface area (Å²) in [7, 11) is 1.54. The molecular formula is C15H14F2O2. The average molecular weight is 264 g/mol. The molecule has 0 saturated heterocycles. The van der Waals surface area contributed by atoms with E-state index in [0.29, 0.717) is 12.2 Å². The third-order valence-corrected chi connectivity index (χ3v) is 2.91. The summed E-state index contributed by atoms with van der Waals surface area (Å²) in [6, 6.07) is 10.2. The highest BCUT2D eigenvalue weighted by molar-refractivity contribution is 5.36. The highest BCUT2D eigenvalue weighted by atomic mass is 19.1. The van der Waals surface area contributed by atoms with Crippen LogP contribution >= 0.6 is 0 Å². The molecule has 2 nitrogen and oxygen atoms in total. The minimum Gasteiger partial charge on any atom is -0.384 e. The predicted octanol–water partition coefficient (Wildman–Crippen LogP) is 3.19. The van der Waals surface area contributed by atoms with Crippen LogP contribution in [0.25, 0.3) is 0 Å². The maximum atomic E-state index is 13.7. The molecule has 0 radical (unpaired) electrons. The number of aliphatic hydroxyl groups excluding tert-OH is 1. The third-order valence-electron chi connectivity index (χ3n) is 2.91. The minimum absolute atomic E-state index is 0.0463. The second-order valence-electron chi connectivity index (χ2n) is 4.20. The fourth-order valence-electron chi connectivity index (χ4n) is 1.98. The molecule has 0 aliphatic carbocycles. The van der Waals surface area contributed by atoms with E-state index in [1.54, 1.807) is 25.3 Å². The first-order chi connectivity index (χ1) is 9.13. The fourth-order valence-corrected chi connectivity index (χ4v) is 1.98. The van der Waals surface area contributed by atoms with Crippen LogP contribution in [-0.2, 0) is 11.3 Å². The molecule has 100 valence electrons. The molecule has 2 aromatic carbocycles. The van der Waals surface area contributed by atoms with Gasteiger partial charge in [0.25, 0.3) is 0 Å². The number of hydrogen-bond donors (Lipinski definition) is 1. The van der Waals surface area contributed by atoms with Crippen molar-refractivity contribution in [3.8, 4) is 0 Å². The van der Waals surface area contributed by atoms with Gasteiger partial charge in [0.05, 0.1) is 6.61 Å². The number of rotatable bonds is 4. The van der Waals surface area contributed by atoms with Crippen molar-refractivity contribution in [1.29, 1.82) is 0 Å². The molecule has 2 rings (SSSR count). The average Bonchev–Trinajstić information content (AvgIpc) is 2.39. The molecule has 2 aromatic rings. The van der Waals surface area contributed by atoms with E-state index >= 15 is 0 Å². The lowest BCUT2D eigenvalue weighted by molar-refractivity contribution is 0.175. The van der Waals surface area contributed by atoms with Crippen molar-refractivity contribution in [2.75, 3.05) is 7.11 Å². The van der Waals surface area contributed by atoms with Crippen molar-refractivity contribution in [2.24, 2.45) is 0 Å². The second kappa shape index (κ2) is 5.91. The molecule has 4 heteroatoms. The van der Waals surface area contributed by atoms with Crippen molar-refractivity contribution < 1.29 is 18.6 Å². The molecule has 0 bridgehead atoms. The highest BCUT2D eigenvalue weighted by Crippen LogP contribution is 2.27. The van der Waals surface area contributed by atoms with Crippen LogP contribution in [-0.4, -0.2) is 12.2 Å². The van der Waals surface area contributed by atoms with Gasteiger partial charge in [-0.15, -0.1) is 0 Å². The molecule has 0 amide bonds. The first kappa shape index (κ1) is 13.6. The highest BCUT2D eigenvalue weighted by Gasteiger charge is 2.18. The summed E-state index contributed by atoms with van der Waals surface area (Å²) in [6.07, 6.45) is -1.15. The van der Waals surface area contributed by atoms with E-state index in [2.05, 4.69) is 0 Å². The molecule has 0 fully saturated rings.